The average molecular weight is 262 g/mol. The van der Waals surface area contributed by atoms with Gasteiger partial charge in [0.25, 0.3) is 0 Å². The van der Waals surface area contributed by atoms with E-state index in [0.29, 0.717) is 13.1 Å². The van der Waals surface area contributed by atoms with Crippen LogP contribution in [0.1, 0.15) is 5.56 Å². The molecule has 6 heteroatoms. The minimum Gasteiger partial charge on any atom is -0.372 e. The van der Waals surface area contributed by atoms with E-state index >= 15 is 0 Å². The lowest BCUT2D eigenvalue weighted by molar-refractivity contribution is -0.173. The monoisotopic (exact) mass is 262 g/mol. The first-order valence-corrected chi connectivity index (χ1v) is 5.57. The summed E-state index contributed by atoms with van der Waals surface area (Å²) in [6.45, 7) is -0.293. The van der Waals surface area contributed by atoms with Crippen LogP contribution < -0.4 is 10.6 Å². The molecular formula is C12H17F3N2O. The van der Waals surface area contributed by atoms with Crippen molar-refractivity contribution in [3.8, 4) is 0 Å². The Morgan fingerprint density at radius 3 is 2.33 bits per heavy atom. The van der Waals surface area contributed by atoms with E-state index in [4.69, 9.17) is 5.73 Å². The molecule has 0 fully saturated rings. The Balaban J connectivity index is 2.33. The highest BCUT2D eigenvalue weighted by atomic mass is 19.4. The van der Waals surface area contributed by atoms with Crippen molar-refractivity contribution < 1.29 is 17.9 Å². The number of ether oxygens (including phenoxy) is 1. The third-order valence-electron chi connectivity index (χ3n) is 2.45. The molecule has 0 atom stereocenters. The van der Waals surface area contributed by atoms with E-state index in [-0.39, 0.29) is 6.61 Å². The number of anilines is 1. The fourth-order valence-corrected chi connectivity index (χ4v) is 1.40. The molecule has 1 aromatic carbocycles. The summed E-state index contributed by atoms with van der Waals surface area (Å²) in [7, 11) is 1.80. The van der Waals surface area contributed by atoms with Crippen LogP contribution in [0.2, 0.25) is 0 Å². The van der Waals surface area contributed by atoms with Gasteiger partial charge >= 0.3 is 6.18 Å². The van der Waals surface area contributed by atoms with Gasteiger partial charge in [0.2, 0.25) is 0 Å². The first-order chi connectivity index (χ1) is 8.42. The van der Waals surface area contributed by atoms with Crippen molar-refractivity contribution in [2.75, 3.05) is 31.7 Å². The SMILES string of the molecule is CN(CCOCC(F)(F)F)c1ccc(CN)cc1. The zero-order valence-electron chi connectivity index (χ0n) is 10.2. The molecule has 0 saturated carbocycles. The quantitative estimate of drug-likeness (QED) is 0.798. The van der Waals surface area contributed by atoms with E-state index in [1.807, 2.05) is 29.2 Å². The summed E-state index contributed by atoms with van der Waals surface area (Å²) < 4.78 is 40.1. The first-order valence-electron chi connectivity index (χ1n) is 5.57. The third-order valence-corrected chi connectivity index (χ3v) is 2.45. The molecule has 18 heavy (non-hydrogen) atoms. The van der Waals surface area contributed by atoms with Crippen molar-refractivity contribution >= 4 is 5.69 Å². The second-order valence-corrected chi connectivity index (χ2v) is 3.96. The van der Waals surface area contributed by atoms with Crippen LogP contribution in [0.3, 0.4) is 0 Å². The Hall–Kier alpha value is -1.27. The molecule has 102 valence electrons. The molecule has 1 rings (SSSR count). The van der Waals surface area contributed by atoms with Crippen molar-refractivity contribution in [3.05, 3.63) is 29.8 Å². The summed E-state index contributed by atoms with van der Waals surface area (Å²) >= 11 is 0. The Morgan fingerprint density at radius 1 is 1.22 bits per heavy atom. The number of likely N-dealkylation sites (N-methyl/N-ethyl adjacent to an activating group) is 1. The van der Waals surface area contributed by atoms with Crippen LogP contribution in [0.15, 0.2) is 24.3 Å². The van der Waals surface area contributed by atoms with E-state index in [1.165, 1.54) is 0 Å². The van der Waals surface area contributed by atoms with Gasteiger partial charge in [-0.25, -0.2) is 0 Å². The molecule has 0 spiro atoms. The zero-order valence-corrected chi connectivity index (χ0v) is 10.2. The molecule has 0 amide bonds. The number of nitrogens with two attached hydrogens (primary N) is 1. The molecule has 0 aliphatic carbocycles. The second-order valence-electron chi connectivity index (χ2n) is 3.96. The number of hydrogen-bond acceptors (Lipinski definition) is 3. The number of halogens is 3. The highest BCUT2D eigenvalue weighted by molar-refractivity contribution is 5.46. The van der Waals surface area contributed by atoms with Crippen LogP contribution in [-0.2, 0) is 11.3 Å². The number of hydrogen-bond donors (Lipinski definition) is 1. The second kappa shape index (κ2) is 6.61. The van der Waals surface area contributed by atoms with Crippen molar-refractivity contribution in [2.24, 2.45) is 5.73 Å². The van der Waals surface area contributed by atoms with Gasteiger partial charge in [0.1, 0.15) is 6.61 Å². The van der Waals surface area contributed by atoms with Crippen LogP contribution in [0.4, 0.5) is 18.9 Å². The molecule has 0 heterocycles. The van der Waals surface area contributed by atoms with Crippen LogP contribution in [-0.4, -0.2) is 33.0 Å². The van der Waals surface area contributed by atoms with Crippen LogP contribution in [0.5, 0.6) is 0 Å². The number of nitrogens with zero attached hydrogens (tertiary/aromatic N) is 1. The minimum absolute atomic E-state index is 0.0364. The molecule has 2 N–H and O–H groups in total. The largest absolute Gasteiger partial charge is 0.411 e. The van der Waals surface area contributed by atoms with Crippen LogP contribution >= 0.6 is 0 Å². The standard InChI is InChI=1S/C12H17F3N2O/c1-17(6-7-18-9-12(13,14)15)11-4-2-10(8-16)3-5-11/h2-5H,6-9,16H2,1H3. The van der Waals surface area contributed by atoms with Gasteiger partial charge in [0, 0.05) is 25.8 Å². The Kier molecular flexibility index (Phi) is 5.43. The molecule has 0 bridgehead atoms. The summed E-state index contributed by atoms with van der Waals surface area (Å²) in [6, 6.07) is 7.54. The van der Waals surface area contributed by atoms with Crippen molar-refractivity contribution in [3.63, 3.8) is 0 Å². The number of benzene rings is 1. The highest BCUT2D eigenvalue weighted by Gasteiger charge is 2.27. The molecular weight excluding hydrogens is 245 g/mol. The van der Waals surface area contributed by atoms with Gasteiger partial charge in [-0.2, -0.15) is 13.2 Å². The molecule has 0 aliphatic heterocycles. The molecule has 3 nitrogen and oxygen atoms in total. The minimum atomic E-state index is -4.26. The van der Waals surface area contributed by atoms with Crippen molar-refractivity contribution in [1.29, 1.82) is 0 Å². The van der Waals surface area contributed by atoms with Gasteiger partial charge in [0.05, 0.1) is 6.61 Å². The predicted octanol–water partition coefficient (Wildman–Crippen LogP) is 2.16. The molecule has 0 radical (unpaired) electrons. The number of rotatable bonds is 6. The van der Waals surface area contributed by atoms with Gasteiger partial charge in [-0.1, -0.05) is 12.1 Å². The van der Waals surface area contributed by atoms with E-state index < -0.39 is 12.8 Å². The van der Waals surface area contributed by atoms with E-state index in [9.17, 15) is 13.2 Å². The first kappa shape index (κ1) is 14.8. The molecule has 0 aromatic heterocycles. The van der Waals surface area contributed by atoms with E-state index in [1.54, 1.807) is 7.05 Å². The summed E-state index contributed by atoms with van der Waals surface area (Å²) in [5.41, 5.74) is 7.41. The predicted molar refractivity (Wildman–Crippen MR) is 64.5 cm³/mol. The molecule has 1 aromatic rings. The maximum Gasteiger partial charge on any atom is 0.411 e. The molecule has 0 aliphatic rings. The van der Waals surface area contributed by atoms with Crippen LogP contribution in [0.25, 0.3) is 0 Å². The van der Waals surface area contributed by atoms with Crippen molar-refractivity contribution in [1.82, 2.24) is 0 Å². The summed E-state index contributed by atoms with van der Waals surface area (Å²) in [6.07, 6.45) is -4.26. The highest BCUT2D eigenvalue weighted by Crippen LogP contribution is 2.15. The third kappa shape index (κ3) is 5.37. The van der Waals surface area contributed by atoms with Gasteiger partial charge in [-0.15, -0.1) is 0 Å². The summed E-state index contributed by atoms with van der Waals surface area (Å²) in [5.74, 6) is 0. The fourth-order valence-electron chi connectivity index (χ4n) is 1.40. The molecule has 0 unspecified atom stereocenters. The van der Waals surface area contributed by atoms with Crippen molar-refractivity contribution in [2.45, 2.75) is 12.7 Å². The maximum atomic E-state index is 11.8. The number of alkyl halides is 3. The molecule has 0 saturated heterocycles. The van der Waals surface area contributed by atoms with E-state index in [0.717, 1.165) is 11.3 Å². The average Bonchev–Trinajstić information content (AvgIpc) is 2.33. The Morgan fingerprint density at radius 2 is 1.83 bits per heavy atom. The topological polar surface area (TPSA) is 38.5 Å². The fraction of sp³-hybridized carbons (Fsp3) is 0.500. The van der Waals surface area contributed by atoms with Gasteiger partial charge in [-0.3, -0.25) is 0 Å². The Bertz CT molecular complexity index is 351. The lowest BCUT2D eigenvalue weighted by atomic mass is 10.2. The normalized spacial score (nSPS) is 11.6. The van der Waals surface area contributed by atoms with Gasteiger partial charge in [-0.05, 0) is 17.7 Å². The lowest BCUT2D eigenvalue weighted by Crippen LogP contribution is -2.25. The maximum absolute atomic E-state index is 11.8. The van der Waals surface area contributed by atoms with Crippen LogP contribution in [0, 0.1) is 0 Å². The van der Waals surface area contributed by atoms with E-state index in [2.05, 4.69) is 4.74 Å². The Labute approximate surface area is 104 Å². The van der Waals surface area contributed by atoms with Gasteiger partial charge in [0.15, 0.2) is 0 Å². The smallest absolute Gasteiger partial charge is 0.372 e. The van der Waals surface area contributed by atoms with Gasteiger partial charge < -0.3 is 15.4 Å². The lowest BCUT2D eigenvalue weighted by Gasteiger charge is -2.19. The summed E-state index contributed by atoms with van der Waals surface area (Å²) in [5, 5.41) is 0. The summed E-state index contributed by atoms with van der Waals surface area (Å²) in [4.78, 5) is 1.83. The zero-order chi connectivity index (χ0) is 13.6.